The van der Waals surface area contributed by atoms with Crippen LogP contribution in [0.4, 0.5) is 0 Å². The first-order valence-electron chi connectivity index (χ1n) is 4.90. The molecule has 0 aliphatic heterocycles. The Morgan fingerprint density at radius 3 is 1.53 bits per heavy atom. The molecule has 0 saturated carbocycles. The molecule has 0 aromatic carbocycles. The average Bonchev–Trinajstić information content (AvgIpc) is 2.58. The summed E-state index contributed by atoms with van der Waals surface area (Å²) >= 11 is 0. The van der Waals surface area contributed by atoms with E-state index in [9.17, 15) is 0 Å². The van der Waals surface area contributed by atoms with Gasteiger partial charge in [-0.1, -0.05) is 0 Å². The van der Waals surface area contributed by atoms with Crippen molar-refractivity contribution < 1.29 is 0 Å². The minimum absolute atomic E-state index is 0.988. The second-order valence-corrected chi connectivity index (χ2v) is 3.78. The highest BCUT2D eigenvalue weighted by atomic mass is 15.8. The minimum atomic E-state index is 0.988. The predicted molar refractivity (Wildman–Crippen MR) is 58.2 cm³/mol. The van der Waals surface area contributed by atoms with Crippen molar-refractivity contribution in [3.05, 3.63) is 34.9 Å². The average molecular weight is 205 g/mol. The van der Waals surface area contributed by atoms with Crippen molar-refractivity contribution in [2.45, 2.75) is 27.7 Å². The number of rotatable bonds is 2. The van der Waals surface area contributed by atoms with Crippen molar-refractivity contribution in [1.29, 1.82) is 0 Å². The second kappa shape index (κ2) is 3.42. The lowest BCUT2D eigenvalue weighted by atomic mass is 10.4. The summed E-state index contributed by atoms with van der Waals surface area (Å²) in [7, 11) is 0. The summed E-state index contributed by atoms with van der Waals surface area (Å²) in [6.07, 6.45) is 0. The van der Waals surface area contributed by atoms with Crippen molar-refractivity contribution in [3.8, 4) is 0 Å². The van der Waals surface area contributed by atoms with Gasteiger partial charge in [0.05, 0.1) is 22.8 Å². The number of aromatic nitrogens is 4. The van der Waals surface area contributed by atoms with Crippen LogP contribution in [0.3, 0.4) is 0 Å². The van der Waals surface area contributed by atoms with Gasteiger partial charge in [0.15, 0.2) is 0 Å². The smallest absolute Gasteiger partial charge is 0.0618 e. The normalized spacial score (nSPS) is 10.7. The third kappa shape index (κ3) is 1.86. The third-order valence-corrected chi connectivity index (χ3v) is 2.21. The first-order valence-corrected chi connectivity index (χ1v) is 4.90. The Morgan fingerprint density at radius 1 is 0.867 bits per heavy atom. The van der Waals surface area contributed by atoms with E-state index in [1.807, 2.05) is 39.8 Å². The zero-order valence-corrected chi connectivity index (χ0v) is 9.44. The fourth-order valence-corrected chi connectivity index (χ4v) is 1.55. The lowest BCUT2D eigenvalue weighted by molar-refractivity contribution is 0.589. The summed E-state index contributed by atoms with van der Waals surface area (Å²) in [6.45, 7) is 7.93. The number of nitrogens with one attached hydrogen (secondary N) is 1. The molecule has 0 radical (unpaired) electrons. The Hall–Kier alpha value is -1.78. The summed E-state index contributed by atoms with van der Waals surface area (Å²) in [4.78, 5) is 3.43. The van der Waals surface area contributed by atoms with Crippen LogP contribution in [0.15, 0.2) is 12.1 Å². The molecule has 0 saturated heterocycles. The fraction of sp³-hybridized carbons (Fsp3) is 0.400. The molecule has 80 valence electrons. The molecular formula is C10H15N5. The lowest BCUT2D eigenvalue weighted by Crippen LogP contribution is -2.25. The zero-order chi connectivity index (χ0) is 11.0. The molecule has 5 heteroatoms. The third-order valence-electron chi connectivity index (χ3n) is 2.21. The molecule has 0 unspecified atom stereocenters. The largest absolute Gasteiger partial charge is 0.198 e. The topological polar surface area (TPSA) is 47.7 Å². The highest BCUT2D eigenvalue weighted by Gasteiger charge is 2.03. The van der Waals surface area contributed by atoms with Gasteiger partial charge in [0.2, 0.25) is 0 Å². The number of aryl methyl sites for hydroxylation is 4. The standard InChI is InChI=1S/C10H15N5/c1-7-5-9(3)14(11-7)13-15-10(4)6-8(2)12-15/h5-6,13H,1-4H3. The van der Waals surface area contributed by atoms with Crippen LogP contribution in [0, 0.1) is 27.7 Å². The number of hydrogen-bond acceptors (Lipinski definition) is 3. The van der Waals surface area contributed by atoms with E-state index in [4.69, 9.17) is 0 Å². The van der Waals surface area contributed by atoms with Crippen molar-refractivity contribution in [1.82, 2.24) is 19.8 Å². The summed E-state index contributed by atoms with van der Waals surface area (Å²) in [6, 6.07) is 4.03. The van der Waals surface area contributed by atoms with Gasteiger partial charge in [-0.3, -0.25) is 0 Å². The van der Waals surface area contributed by atoms with Gasteiger partial charge in [0.1, 0.15) is 0 Å². The molecule has 0 fully saturated rings. The van der Waals surface area contributed by atoms with Gasteiger partial charge < -0.3 is 0 Å². The second-order valence-electron chi connectivity index (χ2n) is 3.78. The van der Waals surface area contributed by atoms with Crippen LogP contribution in [0.5, 0.6) is 0 Å². The van der Waals surface area contributed by atoms with Crippen LogP contribution < -0.4 is 5.53 Å². The highest BCUT2D eigenvalue weighted by molar-refractivity contribution is 5.10. The van der Waals surface area contributed by atoms with Crippen molar-refractivity contribution in [2.24, 2.45) is 0 Å². The first kappa shape index (κ1) is 9.76. The Bertz CT molecular complexity index is 436. The zero-order valence-electron chi connectivity index (χ0n) is 9.44. The maximum absolute atomic E-state index is 4.30. The molecule has 15 heavy (non-hydrogen) atoms. The van der Waals surface area contributed by atoms with Crippen LogP contribution in [-0.2, 0) is 0 Å². The summed E-state index contributed by atoms with van der Waals surface area (Å²) in [5.74, 6) is 0. The monoisotopic (exact) mass is 205 g/mol. The van der Waals surface area contributed by atoms with E-state index in [0.29, 0.717) is 0 Å². The maximum atomic E-state index is 4.30. The lowest BCUT2D eigenvalue weighted by Gasteiger charge is -2.09. The molecule has 0 bridgehead atoms. The van der Waals surface area contributed by atoms with Gasteiger partial charge in [-0.05, 0) is 39.8 Å². The van der Waals surface area contributed by atoms with Gasteiger partial charge in [-0.2, -0.15) is 25.3 Å². The van der Waals surface area contributed by atoms with Gasteiger partial charge in [0, 0.05) is 0 Å². The van der Waals surface area contributed by atoms with E-state index in [2.05, 4.69) is 15.7 Å². The molecule has 0 aliphatic carbocycles. The van der Waals surface area contributed by atoms with Crippen LogP contribution in [0.25, 0.3) is 0 Å². The molecule has 0 spiro atoms. The molecule has 2 aromatic heterocycles. The number of hydrogen-bond donors (Lipinski definition) is 1. The van der Waals surface area contributed by atoms with Crippen molar-refractivity contribution in [3.63, 3.8) is 0 Å². The van der Waals surface area contributed by atoms with Gasteiger partial charge >= 0.3 is 0 Å². The van der Waals surface area contributed by atoms with E-state index >= 15 is 0 Å². The highest BCUT2D eigenvalue weighted by Crippen LogP contribution is 2.02. The van der Waals surface area contributed by atoms with Crippen molar-refractivity contribution >= 4 is 0 Å². The van der Waals surface area contributed by atoms with Crippen LogP contribution >= 0.6 is 0 Å². The Morgan fingerprint density at radius 2 is 1.27 bits per heavy atom. The summed E-state index contributed by atoms with van der Waals surface area (Å²) < 4.78 is 0. The summed E-state index contributed by atoms with van der Waals surface area (Å²) in [5, 5.41) is 8.60. The molecule has 0 aliphatic rings. The SMILES string of the molecule is Cc1cc(C)n(Nn2nc(C)cc2C)n1. The molecular weight excluding hydrogens is 190 g/mol. The molecule has 0 atom stereocenters. The molecule has 0 amide bonds. The quantitative estimate of drug-likeness (QED) is 0.804. The molecule has 2 rings (SSSR count). The van der Waals surface area contributed by atoms with E-state index in [-0.39, 0.29) is 0 Å². The maximum Gasteiger partial charge on any atom is 0.0618 e. The Labute approximate surface area is 88.7 Å². The molecule has 1 N–H and O–H groups in total. The van der Waals surface area contributed by atoms with E-state index in [1.54, 1.807) is 9.58 Å². The fourth-order valence-electron chi connectivity index (χ4n) is 1.55. The Balaban J connectivity index is 2.29. The van der Waals surface area contributed by atoms with E-state index in [1.165, 1.54) is 0 Å². The van der Waals surface area contributed by atoms with Crippen LogP contribution in [-0.4, -0.2) is 19.8 Å². The van der Waals surface area contributed by atoms with Crippen LogP contribution in [0.1, 0.15) is 22.8 Å². The van der Waals surface area contributed by atoms with Gasteiger partial charge in [0.25, 0.3) is 0 Å². The van der Waals surface area contributed by atoms with E-state index in [0.717, 1.165) is 22.8 Å². The molecule has 5 nitrogen and oxygen atoms in total. The van der Waals surface area contributed by atoms with Gasteiger partial charge in [-0.25, -0.2) is 0 Å². The minimum Gasteiger partial charge on any atom is -0.198 e. The van der Waals surface area contributed by atoms with Crippen molar-refractivity contribution in [2.75, 3.05) is 5.53 Å². The van der Waals surface area contributed by atoms with Gasteiger partial charge in [-0.15, -0.1) is 0 Å². The first-order chi connectivity index (χ1) is 7.06. The predicted octanol–water partition coefficient (Wildman–Crippen LogP) is 1.32. The Kier molecular flexibility index (Phi) is 2.22. The molecule has 2 heterocycles. The molecule has 2 aromatic rings. The summed E-state index contributed by atoms with van der Waals surface area (Å²) in [5.41, 5.74) is 7.18. The number of nitrogens with zero attached hydrogens (tertiary/aromatic N) is 4. The van der Waals surface area contributed by atoms with Crippen LogP contribution in [0.2, 0.25) is 0 Å². The van der Waals surface area contributed by atoms with E-state index < -0.39 is 0 Å².